The minimum atomic E-state index is -1.31. The van der Waals surface area contributed by atoms with Crippen LogP contribution in [0.15, 0.2) is 42.5 Å². The number of carboxylic acid groups (broad SMARTS) is 1. The van der Waals surface area contributed by atoms with Crippen LogP contribution in [0.2, 0.25) is 0 Å². The molecule has 0 aromatic heterocycles. The quantitative estimate of drug-likeness (QED) is 0.727. The topological polar surface area (TPSA) is 79.5 Å². The molecule has 6 heteroatoms. The first-order chi connectivity index (χ1) is 12.4. The molecule has 1 N–H and O–H groups in total. The maximum atomic E-state index is 14.0. The molecule has 0 aliphatic carbocycles. The summed E-state index contributed by atoms with van der Waals surface area (Å²) in [6.45, 7) is 3.52. The van der Waals surface area contributed by atoms with Gasteiger partial charge in [-0.25, -0.2) is 9.18 Å². The van der Waals surface area contributed by atoms with E-state index in [9.17, 15) is 14.3 Å². The van der Waals surface area contributed by atoms with Crippen molar-refractivity contribution in [3.63, 3.8) is 0 Å². The van der Waals surface area contributed by atoms with Crippen molar-refractivity contribution in [2.75, 3.05) is 0 Å². The number of ether oxygens (including phenoxy) is 2. The standard InChI is InChI=1S/C20H20FNO4/c1-3-4-12-20(2,19(23)24)26-16-10-8-15(9-11-16)25-17-7-5-6-14(13-22)18(17)21/h5-11H,3-4,12H2,1-2H3,(H,23,24). The lowest BCUT2D eigenvalue weighted by molar-refractivity contribution is -0.154. The molecule has 0 bridgehead atoms. The summed E-state index contributed by atoms with van der Waals surface area (Å²) in [5, 5.41) is 18.3. The molecule has 0 aliphatic rings. The lowest BCUT2D eigenvalue weighted by Crippen LogP contribution is -2.41. The van der Waals surface area contributed by atoms with Crippen LogP contribution in [0.1, 0.15) is 38.7 Å². The molecule has 2 aromatic carbocycles. The summed E-state index contributed by atoms with van der Waals surface area (Å²) in [6.07, 6.45) is 1.99. The minimum absolute atomic E-state index is 0.0592. The zero-order valence-electron chi connectivity index (χ0n) is 14.7. The molecule has 0 saturated heterocycles. The predicted octanol–water partition coefficient (Wildman–Crippen LogP) is 4.90. The van der Waals surface area contributed by atoms with Crippen LogP contribution in [0.5, 0.6) is 17.2 Å². The summed E-state index contributed by atoms with van der Waals surface area (Å²) in [6, 6.07) is 12.3. The fraction of sp³-hybridized carbons (Fsp3) is 0.300. The van der Waals surface area contributed by atoms with E-state index in [2.05, 4.69) is 0 Å². The average Bonchev–Trinajstić information content (AvgIpc) is 2.63. The highest BCUT2D eigenvalue weighted by Crippen LogP contribution is 2.29. The van der Waals surface area contributed by atoms with E-state index in [1.54, 1.807) is 30.3 Å². The number of unbranched alkanes of at least 4 members (excludes halogenated alkanes) is 1. The van der Waals surface area contributed by atoms with Crippen LogP contribution in [0.4, 0.5) is 4.39 Å². The molecule has 5 nitrogen and oxygen atoms in total. The smallest absolute Gasteiger partial charge is 0.347 e. The van der Waals surface area contributed by atoms with Crippen LogP contribution in [-0.4, -0.2) is 16.7 Å². The number of hydrogen-bond acceptors (Lipinski definition) is 4. The summed E-state index contributed by atoms with van der Waals surface area (Å²) >= 11 is 0. The second-order valence-corrected chi connectivity index (χ2v) is 6.04. The molecular formula is C20H20FNO4. The fourth-order valence-electron chi connectivity index (χ4n) is 2.35. The monoisotopic (exact) mass is 357 g/mol. The van der Waals surface area contributed by atoms with E-state index >= 15 is 0 Å². The fourth-order valence-corrected chi connectivity index (χ4v) is 2.35. The predicted molar refractivity (Wildman–Crippen MR) is 93.8 cm³/mol. The minimum Gasteiger partial charge on any atom is -0.478 e. The van der Waals surface area contributed by atoms with Crippen molar-refractivity contribution in [1.82, 2.24) is 0 Å². The van der Waals surface area contributed by atoms with Gasteiger partial charge in [0.2, 0.25) is 5.60 Å². The Morgan fingerprint density at radius 3 is 2.46 bits per heavy atom. The summed E-state index contributed by atoms with van der Waals surface area (Å²) < 4.78 is 25.1. The van der Waals surface area contributed by atoms with E-state index in [1.807, 2.05) is 6.92 Å². The maximum absolute atomic E-state index is 14.0. The number of aliphatic carboxylic acids is 1. The van der Waals surface area contributed by atoms with Gasteiger partial charge < -0.3 is 14.6 Å². The zero-order chi connectivity index (χ0) is 19.2. The lowest BCUT2D eigenvalue weighted by Gasteiger charge is -2.26. The zero-order valence-corrected chi connectivity index (χ0v) is 14.7. The largest absolute Gasteiger partial charge is 0.478 e. The number of carboxylic acids is 1. The van der Waals surface area contributed by atoms with Crippen LogP contribution in [-0.2, 0) is 4.79 Å². The molecule has 136 valence electrons. The third-order valence-corrected chi connectivity index (χ3v) is 3.94. The molecule has 26 heavy (non-hydrogen) atoms. The van der Waals surface area contributed by atoms with Gasteiger partial charge in [-0.3, -0.25) is 0 Å². The third-order valence-electron chi connectivity index (χ3n) is 3.94. The first kappa shape index (κ1) is 19.3. The van der Waals surface area contributed by atoms with E-state index < -0.39 is 17.4 Å². The number of hydrogen-bond donors (Lipinski definition) is 1. The molecule has 1 unspecified atom stereocenters. The first-order valence-corrected chi connectivity index (χ1v) is 8.28. The van der Waals surface area contributed by atoms with Crippen LogP contribution in [0.3, 0.4) is 0 Å². The second kappa shape index (κ2) is 8.34. The highest BCUT2D eigenvalue weighted by molar-refractivity contribution is 5.77. The van der Waals surface area contributed by atoms with Gasteiger partial charge >= 0.3 is 5.97 Å². The van der Waals surface area contributed by atoms with Crippen molar-refractivity contribution in [3.8, 4) is 23.3 Å². The van der Waals surface area contributed by atoms with Crippen LogP contribution in [0, 0.1) is 17.1 Å². The molecule has 0 fully saturated rings. The van der Waals surface area contributed by atoms with Crippen molar-refractivity contribution in [2.24, 2.45) is 0 Å². The molecule has 0 radical (unpaired) electrons. The van der Waals surface area contributed by atoms with Gasteiger partial charge in [-0.05, 0) is 56.2 Å². The van der Waals surface area contributed by atoms with Crippen LogP contribution < -0.4 is 9.47 Å². The summed E-state index contributed by atoms with van der Waals surface area (Å²) in [5.41, 5.74) is -1.42. The Bertz CT molecular complexity index is 814. The Kier molecular flexibility index (Phi) is 6.18. The van der Waals surface area contributed by atoms with Gasteiger partial charge in [-0.2, -0.15) is 5.26 Å². The Hall–Kier alpha value is -3.07. The Morgan fingerprint density at radius 2 is 1.88 bits per heavy atom. The number of halogens is 1. The normalized spacial score (nSPS) is 12.7. The highest BCUT2D eigenvalue weighted by atomic mass is 19.1. The Labute approximate surface area is 151 Å². The number of carbonyl (C=O) groups is 1. The van der Waals surface area contributed by atoms with Gasteiger partial charge in [0.05, 0.1) is 5.56 Å². The number of benzene rings is 2. The summed E-state index contributed by atoms with van der Waals surface area (Å²) in [5.74, 6) is -1.09. The van der Waals surface area contributed by atoms with Gasteiger partial charge in [0.15, 0.2) is 11.6 Å². The van der Waals surface area contributed by atoms with Gasteiger partial charge in [0, 0.05) is 0 Å². The van der Waals surface area contributed by atoms with Crippen molar-refractivity contribution < 1.29 is 23.8 Å². The van der Waals surface area contributed by atoms with Crippen LogP contribution in [0.25, 0.3) is 0 Å². The Balaban J connectivity index is 2.13. The molecule has 0 spiro atoms. The third kappa shape index (κ3) is 4.51. The van der Waals surface area contributed by atoms with E-state index in [0.717, 1.165) is 12.8 Å². The van der Waals surface area contributed by atoms with Gasteiger partial charge in [0.1, 0.15) is 17.6 Å². The number of nitriles is 1. The molecule has 0 saturated carbocycles. The molecule has 0 heterocycles. The molecule has 0 aliphatic heterocycles. The summed E-state index contributed by atoms with van der Waals surface area (Å²) in [4.78, 5) is 11.5. The average molecular weight is 357 g/mol. The van der Waals surface area contributed by atoms with Crippen molar-refractivity contribution in [3.05, 3.63) is 53.8 Å². The van der Waals surface area contributed by atoms with Gasteiger partial charge in [-0.1, -0.05) is 19.4 Å². The molecule has 0 amide bonds. The number of rotatable bonds is 8. The first-order valence-electron chi connectivity index (χ1n) is 8.28. The van der Waals surface area contributed by atoms with E-state index in [4.69, 9.17) is 14.7 Å². The van der Waals surface area contributed by atoms with Crippen LogP contribution >= 0.6 is 0 Å². The molecule has 2 aromatic rings. The number of nitrogens with zero attached hydrogens (tertiary/aromatic N) is 1. The Morgan fingerprint density at radius 1 is 1.23 bits per heavy atom. The molecular weight excluding hydrogens is 337 g/mol. The lowest BCUT2D eigenvalue weighted by atomic mass is 9.99. The van der Waals surface area contributed by atoms with E-state index in [0.29, 0.717) is 17.9 Å². The maximum Gasteiger partial charge on any atom is 0.347 e. The highest BCUT2D eigenvalue weighted by Gasteiger charge is 2.34. The summed E-state index contributed by atoms with van der Waals surface area (Å²) in [7, 11) is 0. The van der Waals surface area contributed by atoms with Crippen molar-refractivity contribution in [2.45, 2.75) is 38.7 Å². The second-order valence-electron chi connectivity index (χ2n) is 6.04. The van der Waals surface area contributed by atoms with Gasteiger partial charge in [0.25, 0.3) is 0 Å². The van der Waals surface area contributed by atoms with Gasteiger partial charge in [-0.15, -0.1) is 0 Å². The van der Waals surface area contributed by atoms with Crippen molar-refractivity contribution >= 4 is 5.97 Å². The van der Waals surface area contributed by atoms with E-state index in [1.165, 1.54) is 25.1 Å². The SMILES string of the molecule is CCCCC(C)(Oc1ccc(Oc2cccc(C#N)c2F)cc1)C(=O)O. The van der Waals surface area contributed by atoms with E-state index in [-0.39, 0.29) is 11.3 Å². The van der Waals surface area contributed by atoms with Crippen molar-refractivity contribution in [1.29, 1.82) is 5.26 Å². The molecule has 1 atom stereocenters. The molecule has 2 rings (SSSR count).